The van der Waals surface area contributed by atoms with Gasteiger partial charge in [0, 0.05) is 25.5 Å². The van der Waals surface area contributed by atoms with Gasteiger partial charge in [-0.1, -0.05) is 11.6 Å². The summed E-state index contributed by atoms with van der Waals surface area (Å²) in [4.78, 5) is 12.6. The molecule has 0 radical (unpaired) electrons. The van der Waals surface area contributed by atoms with Crippen LogP contribution >= 0.6 is 0 Å². The van der Waals surface area contributed by atoms with E-state index in [1.54, 1.807) is 6.20 Å². The maximum atomic E-state index is 13.9. The van der Waals surface area contributed by atoms with Crippen LogP contribution in [0, 0.1) is 11.7 Å². The van der Waals surface area contributed by atoms with Gasteiger partial charge in [0.2, 0.25) is 10.0 Å². The van der Waals surface area contributed by atoms with Gasteiger partial charge in [0.25, 0.3) is 5.89 Å². The lowest BCUT2D eigenvalue weighted by Crippen LogP contribution is -2.35. The summed E-state index contributed by atoms with van der Waals surface area (Å²) in [5.74, 6) is 0.224. The Morgan fingerprint density at radius 1 is 1.32 bits per heavy atom. The minimum Gasteiger partial charge on any atom is -0.495 e. The number of hydrogen-bond donors (Lipinski definition) is 0. The van der Waals surface area contributed by atoms with E-state index in [4.69, 9.17) is 9.26 Å². The number of benzene rings is 1. The molecule has 1 saturated carbocycles. The lowest BCUT2D eigenvalue weighted by atomic mass is 9.80. The van der Waals surface area contributed by atoms with Crippen molar-refractivity contribution in [2.45, 2.75) is 29.6 Å². The van der Waals surface area contributed by atoms with Crippen molar-refractivity contribution < 1.29 is 22.1 Å². The Morgan fingerprint density at radius 3 is 2.97 bits per heavy atom. The molecule has 0 bridgehead atoms. The van der Waals surface area contributed by atoms with E-state index >= 15 is 0 Å². The molecule has 0 unspecified atom stereocenters. The van der Waals surface area contributed by atoms with E-state index in [9.17, 15) is 12.8 Å². The molecule has 1 saturated heterocycles. The number of halogens is 1. The quantitative estimate of drug-likeness (QED) is 0.589. The summed E-state index contributed by atoms with van der Waals surface area (Å²) in [6.07, 6.45) is 7.14. The third-order valence-corrected chi connectivity index (χ3v) is 8.07. The number of aromatic nitrogens is 4. The molecular weight excluding hydrogens is 425 g/mol. The zero-order valence-electron chi connectivity index (χ0n) is 16.7. The topological polar surface area (TPSA) is 111 Å². The second-order valence-corrected chi connectivity index (χ2v) is 9.76. The molecule has 9 nitrogen and oxygen atoms in total. The van der Waals surface area contributed by atoms with Crippen LogP contribution in [0.1, 0.15) is 25.1 Å². The zero-order chi connectivity index (χ0) is 21.6. The fraction of sp³-hybridized carbons (Fsp3) is 0.400. The van der Waals surface area contributed by atoms with Gasteiger partial charge in [-0.15, -0.1) is 0 Å². The predicted molar refractivity (Wildman–Crippen MR) is 106 cm³/mol. The van der Waals surface area contributed by atoms with Gasteiger partial charge in [0.1, 0.15) is 22.2 Å². The molecule has 3 aromatic rings. The van der Waals surface area contributed by atoms with Crippen molar-refractivity contribution in [3.63, 3.8) is 0 Å². The molecular formula is C20H20FN5O4S. The van der Waals surface area contributed by atoms with Crippen LogP contribution in [0.15, 0.2) is 46.2 Å². The SMILES string of the molecule is COc1ccc(F)cc1S(=O)(=O)N1C[C@H]2CCC[C@@]2(c2noc(-c3cnccn3)n2)C1. The van der Waals surface area contributed by atoms with E-state index in [1.165, 1.54) is 35.9 Å². The summed E-state index contributed by atoms with van der Waals surface area (Å²) < 4.78 is 52.6. The summed E-state index contributed by atoms with van der Waals surface area (Å²) >= 11 is 0. The molecule has 2 aliphatic rings. The molecule has 11 heteroatoms. The van der Waals surface area contributed by atoms with Gasteiger partial charge in [0.15, 0.2) is 5.82 Å². The molecule has 1 aromatic carbocycles. The molecule has 1 aliphatic heterocycles. The Morgan fingerprint density at radius 2 is 2.19 bits per heavy atom. The molecule has 2 aromatic heterocycles. The minimum atomic E-state index is -3.98. The molecule has 31 heavy (non-hydrogen) atoms. The number of methoxy groups -OCH3 is 1. The third kappa shape index (κ3) is 3.19. The van der Waals surface area contributed by atoms with Gasteiger partial charge < -0.3 is 9.26 Å². The summed E-state index contributed by atoms with van der Waals surface area (Å²) in [5.41, 5.74) is -0.100. The van der Waals surface area contributed by atoms with Gasteiger partial charge >= 0.3 is 0 Å². The molecule has 1 aliphatic carbocycles. The Kier molecular flexibility index (Phi) is 4.74. The third-order valence-electron chi connectivity index (χ3n) is 6.24. The Hall–Kier alpha value is -2.92. The summed E-state index contributed by atoms with van der Waals surface area (Å²) in [5, 5.41) is 4.19. The van der Waals surface area contributed by atoms with Crippen molar-refractivity contribution in [1.82, 2.24) is 24.4 Å². The lowest BCUT2D eigenvalue weighted by molar-refractivity contribution is 0.339. The highest BCUT2D eigenvalue weighted by atomic mass is 32.2. The first kappa shape index (κ1) is 20.0. The van der Waals surface area contributed by atoms with Gasteiger partial charge in [-0.05, 0) is 37.0 Å². The first-order valence-electron chi connectivity index (χ1n) is 9.88. The van der Waals surface area contributed by atoms with Crippen LogP contribution in [0.3, 0.4) is 0 Å². The van der Waals surface area contributed by atoms with Gasteiger partial charge in [-0.25, -0.2) is 17.8 Å². The standard InChI is InChI=1S/C20H20FN5O4S/c1-29-16-5-4-14(21)9-17(16)31(27,28)26-11-13-3-2-6-20(13,12-26)19-24-18(30-25-19)15-10-22-7-8-23-15/h4-5,7-10,13H,2-3,6,11-12H2,1H3/t13-,20-/m1/s1. The Labute approximate surface area is 178 Å². The van der Waals surface area contributed by atoms with Crippen molar-refractivity contribution in [2.24, 2.45) is 5.92 Å². The molecule has 162 valence electrons. The summed E-state index contributed by atoms with van der Waals surface area (Å²) in [6, 6.07) is 3.49. The highest BCUT2D eigenvalue weighted by Gasteiger charge is 2.56. The monoisotopic (exact) mass is 445 g/mol. The van der Waals surface area contributed by atoms with Gasteiger partial charge in [0.05, 0.1) is 18.7 Å². The average molecular weight is 445 g/mol. The van der Waals surface area contributed by atoms with Crippen molar-refractivity contribution in [1.29, 1.82) is 0 Å². The van der Waals surface area contributed by atoms with E-state index in [-0.39, 0.29) is 29.0 Å². The first-order chi connectivity index (χ1) is 14.9. The van der Waals surface area contributed by atoms with E-state index in [0.717, 1.165) is 25.3 Å². The molecule has 3 heterocycles. The average Bonchev–Trinajstić information content (AvgIpc) is 3.49. The van der Waals surface area contributed by atoms with E-state index in [1.807, 2.05) is 0 Å². The van der Waals surface area contributed by atoms with Crippen LogP contribution in [0.5, 0.6) is 5.75 Å². The van der Waals surface area contributed by atoms with E-state index in [0.29, 0.717) is 18.1 Å². The highest BCUT2D eigenvalue weighted by Crippen LogP contribution is 2.51. The smallest absolute Gasteiger partial charge is 0.278 e. The maximum absolute atomic E-state index is 13.9. The van der Waals surface area contributed by atoms with Crippen molar-refractivity contribution in [3.05, 3.63) is 48.4 Å². The predicted octanol–water partition coefficient (Wildman–Crippen LogP) is 2.42. The van der Waals surface area contributed by atoms with Crippen LogP contribution in [0.25, 0.3) is 11.6 Å². The molecule has 2 fully saturated rings. The van der Waals surface area contributed by atoms with Crippen LogP contribution in [-0.2, 0) is 15.4 Å². The number of fused-ring (bicyclic) bond motifs is 1. The first-order valence-corrected chi connectivity index (χ1v) is 11.3. The van der Waals surface area contributed by atoms with Crippen LogP contribution in [0.2, 0.25) is 0 Å². The Balaban J connectivity index is 1.50. The second kappa shape index (κ2) is 7.34. The number of hydrogen-bond acceptors (Lipinski definition) is 8. The molecule has 5 rings (SSSR count). The molecule has 2 atom stereocenters. The lowest BCUT2D eigenvalue weighted by Gasteiger charge is -2.25. The molecule has 0 spiro atoms. The van der Waals surface area contributed by atoms with Crippen LogP contribution < -0.4 is 4.74 Å². The second-order valence-electron chi connectivity index (χ2n) is 7.85. The van der Waals surface area contributed by atoms with Crippen molar-refractivity contribution >= 4 is 10.0 Å². The van der Waals surface area contributed by atoms with Gasteiger partial charge in [-0.3, -0.25) is 4.98 Å². The van der Waals surface area contributed by atoms with E-state index in [2.05, 4.69) is 20.1 Å². The summed E-state index contributed by atoms with van der Waals surface area (Å²) in [6.45, 7) is 0.496. The molecule has 0 N–H and O–H groups in total. The molecule has 0 amide bonds. The minimum absolute atomic E-state index is 0.0362. The number of rotatable bonds is 5. The van der Waals surface area contributed by atoms with Crippen LogP contribution in [0.4, 0.5) is 4.39 Å². The number of sulfonamides is 1. The maximum Gasteiger partial charge on any atom is 0.278 e. The fourth-order valence-corrected chi connectivity index (χ4v) is 6.44. The number of ether oxygens (including phenoxy) is 1. The van der Waals surface area contributed by atoms with Gasteiger partial charge in [-0.2, -0.15) is 9.29 Å². The highest BCUT2D eigenvalue weighted by molar-refractivity contribution is 7.89. The normalized spacial score (nSPS) is 23.7. The fourth-order valence-electron chi connectivity index (χ4n) is 4.72. The van der Waals surface area contributed by atoms with Crippen molar-refractivity contribution in [3.8, 4) is 17.3 Å². The largest absolute Gasteiger partial charge is 0.495 e. The summed E-state index contributed by atoms with van der Waals surface area (Å²) in [7, 11) is -2.62. The van der Waals surface area contributed by atoms with Crippen molar-refractivity contribution in [2.75, 3.05) is 20.2 Å². The Bertz CT molecular complexity index is 1220. The number of nitrogens with zero attached hydrogens (tertiary/aromatic N) is 5. The van der Waals surface area contributed by atoms with Crippen LogP contribution in [-0.4, -0.2) is 53.0 Å². The zero-order valence-corrected chi connectivity index (χ0v) is 17.5. The van der Waals surface area contributed by atoms with E-state index < -0.39 is 21.3 Å².